The van der Waals surface area contributed by atoms with E-state index >= 15 is 0 Å². The molecule has 0 spiro atoms. The van der Waals surface area contributed by atoms with Crippen LogP contribution in [0.5, 0.6) is 0 Å². The lowest BCUT2D eigenvalue weighted by Crippen LogP contribution is -2.03. The van der Waals surface area contributed by atoms with Crippen molar-refractivity contribution in [3.63, 3.8) is 0 Å². The zero-order valence-electron chi connectivity index (χ0n) is 11.4. The minimum Gasteiger partial charge on any atom is -0.435 e. The Morgan fingerprint density at radius 1 is 0.950 bits per heavy atom. The van der Waals surface area contributed by atoms with Crippen molar-refractivity contribution in [2.75, 3.05) is 0 Å². The van der Waals surface area contributed by atoms with Crippen LogP contribution in [-0.4, -0.2) is 5.97 Å². The number of hydrogen-bond acceptors (Lipinski definition) is 2. The van der Waals surface area contributed by atoms with Crippen LogP contribution in [0.4, 0.5) is 0 Å². The molecule has 2 rings (SSSR count). The number of hydrogen-bond donors (Lipinski definition) is 0. The summed E-state index contributed by atoms with van der Waals surface area (Å²) in [6.07, 6.45) is 3.28. The number of carbonyl (C=O) groups excluding carboxylic acids is 1. The molecule has 0 atom stereocenters. The summed E-state index contributed by atoms with van der Waals surface area (Å²) in [5.41, 5.74) is 2.12. The number of esters is 1. The molecule has 0 aliphatic carbocycles. The summed E-state index contributed by atoms with van der Waals surface area (Å²) in [7, 11) is 0. The third kappa shape index (κ3) is 6.36. The van der Waals surface area contributed by atoms with E-state index in [0.717, 1.165) is 11.8 Å². The van der Waals surface area contributed by atoms with E-state index in [1.54, 1.807) is 0 Å². The molecule has 2 aromatic carbocycles. The molecule has 0 radical (unpaired) electrons. The normalized spacial score (nSPS) is 8.80. The lowest BCUT2D eigenvalue weighted by atomic mass is 10.2. The van der Waals surface area contributed by atoms with Gasteiger partial charge in [0.25, 0.3) is 0 Å². The minimum atomic E-state index is -0.281. The number of ether oxygens (including phenoxy) is 1. The standard InChI is InChI=1S/C10H10O2.C8H8/c1-2-12-10(11)8-9-6-4-3-5-7-9;1-2-8-6-4-3-5-7-8/h2-7H,1,8H2;2-7H,1H2. The Labute approximate surface area is 120 Å². The van der Waals surface area contributed by atoms with Crippen LogP contribution in [0.15, 0.2) is 80.1 Å². The summed E-state index contributed by atoms with van der Waals surface area (Å²) in [5.74, 6) is -0.281. The molecular weight excluding hydrogens is 248 g/mol. The van der Waals surface area contributed by atoms with Crippen LogP contribution >= 0.6 is 0 Å². The van der Waals surface area contributed by atoms with Gasteiger partial charge in [-0.1, -0.05) is 79.9 Å². The van der Waals surface area contributed by atoms with Crippen molar-refractivity contribution >= 4 is 12.0 Å². The highest BCUT2D eigenvalue weighted by Crippen LogP contribution is 2.00. The van der Waals surface area contributed by atoms with Gasteiger partial charge in [-0.2, -0.15) is 0 Å². The van der Waals surface area contributed by atoms with Gasteiger partial charge in [0, 0.05) is 0 Å². The zero-order valence-corrected chi connectivity index (χ0v) is 11.4. The van der Waals surface area contributed by atoms with Gasteiger partial charge in [0.2, 0.25) is 0 Å². The second kappa shape index (κ2) is 9.34. The number of carbonyl (C=O) groups is 1. The third-order valence-corrected chi connectivity index (χ3v) is 2.44. The van der Waals surface area contributed by atoms with Crippen LogP contribution in [0.3, 0.4) is 0 Å². The van der Waals surface area contributed by atoms with Gasteiger partial charge in [-0.05, 0) is 11.1 Å². The van der Waals surface area contributed by atoms with E-state index in [-0.39, 0.29) is 5.97 Å². The highest BCUT2D eigenvalue weighted by atomic mass is 16.5. The van der Waals surface area contributed by atoms with Crippen LogP contribution in [0.25, 0.3) is 6.08 Å². The molecule has 0 unspecified atom stereocenters. The Bertz CT molecular complexity index is 530. The summed E-state index contributed by atoms with van der Waals surface area (Å²) in [6, 6.07) is 19.5. The first-order valence-corrected chi connectivity index (χ1v) is 6.28. The quantitative estimate of drug-likeness (QED) is 0.611. The van der Waals surface area contributed by atoms with Crippen LogP contribution in [-0.2, 0) is 16.0 Å². The molecule has 0 N–H and O–H groups in total. The van der Waals surface area contributed by atoms with Gasteiger partial charge in [-0.25, -0.2) is 0 Å². The first-order chi connectivity index (χ1) is 9.76. The van der Waals surface area contributed by atoms with E-state index < -0.39 is 0 Å². The fraction of sp³-hybridized carbons (Fsp3) is 0.0556. The Morgan fingerprint density at radius 2 is 1.50 bits per heavy atom. The monoisotopic (exact) mass is 266 g/mol. The van der Waals surface area contributed by atoms with Crippen molar-refractivity contribution in [3.05, 3.63) is 91.2 Å². The maximum absolute atomic E-state index is 10.9. The zero-order chi connectivity index (χ0) is 14.6. The van der Waals surface area contributed by atoms with E-state index in [1.165, 1.54) is 5.56 Å². The molecule has 0 aliphatic rings. The molecule has 0 saturated heterocycles. The lowest BCUT2D eigenvalue weighted by Gasteiger charge is -1.98. The molecule has 0 aliphatic heterocycles. The topological polar surface area (TPSA) is 26.3 Å². The average molecular weight is 266 g/mol. The predicted molar refractivity (Wildman–Crippen MR) is 83.0 cm³/mol. The summed E-state index contributed by atoms with van der Waals surface area (Å²) in [6.45, 7) is 6.93. The lowest BCUT2D eigenvalue weighted by molar-refractivity contribution is -0.137. The van der Waals surface area contributed by atoms with E-state index in [0.29, 0.717) is 6.42 Å². The fourth-order valence-electron chi connectivity index (χ4n) is 1.49. The predicted octanol–water partition coefficient (Wildman–Crippen LogP) is 4.25. The van der Waals surface area contributed by atoms with Crippen molar-refractivity contribution in [1.82, 2.24) is 0 Å². The molecular formula is C18H18O2. The summed E-state index contributed by atoms with van der Waals surface area (Å²) >= 11 is 0. The van der Waals surface area contributed by atoms with Gasteiger partial charge in [0.1, 0.15) is 0 Å². The first-order valence-electron chi connectivity index (χ1n) is 6.28. The molecule has 0 fully saturated rings. The van der Waals surface area contributed by atoms with E-state index in [2.05, 4.69) is 17.9 Å². The smallest absolute Gasteiger partial charge is 0.315 e. The molecule has 0 aromatic heterocycles. The van der Waals surface area contributed by atoms with Crippen LogP contribution in [0.1, 0.15) is 11.1 Å². The van der Waals surface area contributed by atoms with Crippen LogP contribution in [0, 0.1) is 0 Å². The second-order valence-electron chi connectivity index (χ2n) is 3.93. The average Bonchev–Trinajstić information content (AvgIpc) is 2.50. The van der Waals surface area contributed by atoms with Crippen LogP contribution < -0.4 is 0 Å². The van der Waals surface area contributed by atoms with E-state index in [4.69, 9.17) is 0 Å². The van der Waals surface area contributed by atoms with E-state index in [9.17, 15) is 4.79 Å². The maximum Gasteiger partial charge on any atom is 0.315 e. The number of benzene rings is 2. The SMILES string of the molecule is C=COC(=O)Cc1ccccc1.C=Cc1ccccc1. The Hall–Kier alpha value is -2.61. The highest BCUT2D eigenvalue weighted by Gasteiger charge is 2.00. The summed E-state index contributed by atoms with van der Waals surface area (Å²) in [5, 5.41) is 0. The Balaban J connectivity index is 0.000000217. The molecule has 0 saturated carbocycles. The molecule has 2 aromatic rings. The van der Waals surface area contributed by atoms with Crippen molar-refractivity contribution in [3.8, 4) is 0 Å². The Morgan fingerprint density at radius 3 is 1.95 bits per heavy atom. The van der Waals surface area contributed by atoms with Crippen LogP contribution in [0.2, 0.25) is 0 Å². The van der Waals surface area contributed by atoms with Crippen molar-refractivity contribution in [2.24, 2.45) is 0 Å². The largest absolute Gasteiger partial charge is 0.435 e. The fourth-order valence-corrected chi connectivity index (χ4v) is 1.49. The Kier molecular flexibility index (Phi) is 7.21. The summed E-state index contributed by atoms with van der Waals surface area (Å²) in [4.78, 5) is 10.9. The maximum atomic E-state index is 10.9. The van der Waals surface area contributed by atoms with Crippen molar-refractivity contribution in [2.45, 2.75) is 6.42 Å². The van der Waals surface area contributed by atoms with E-state index in [1.807, 2.05) is 66.7 Å². The van der Waals surface area contributed by atoms with Gasteiger partial charge in [-0.15, -0.1) is 0 Å². The first kappa shape index (κ1) is 15.4. The van der Waals surface area contributed by atoms with Gasteiger partial charge >= 0.3 is 5.97 Å². The molecule has 0 bridgehead atoms. The molecule has 2 heteroatoms. The molecule has 102 valence electrons. The van der Waals surface area contributed by atoms with Gasteiger partial charge < -0.3 is 4.74 Å². The summed E-state index contributed by atoms with van der Waals surface area (Å²) < 4.78 is 4.57. The molecule has 0 amide bonds. The van der Waals surface area contributed by atoms with Crippen molar-refractivity contribution in [1.29, 1.82) is 0 Å². The van der Waals surface area contributed by atoms with Gasteiger partial charge in [-0.3, -0.25) is 4.79 Å². The number of rotatable bonds is 4. The minimum absolute atomic E-state index is 0.281. The van der Waals surface area contributed by atoms with Gasteiger partial charge in [0.15, 0.2) is 0 Å². The molecule has 20 heavy (non-hydrogen) atoms. The molecule has 2 nitrogen and oxygen atoms in total. The second-order valence-corrected chi connectivity index (χ2v) is 3.93. The van der Waals surface area contributed by atoms with Crippen molar-refractivity contribution < 1.29 is 9.53 Å². The van der Waals surface area contributed by atoms with Gasteiger partial charge in [0.05, 0.1) is 12.7 Å². The molecule has 0 heterocycles. The highest BCUT2D eigenvalue weighted by molar-refractivity contribution is 5.72. The third-order valence-electron chi connectivity index (χ3n) is 2.44.